The molecular weight excluding hydrogens is 299 g/mol. The van der Waals surface area contributed by atoms with Crippen molar-refractivity contribution in [1.82, 2.24) is 4.98 Å². The van der Waals surface area contributed by atoms with Crippen LogP contribution >= 0.6 is 15.9 Å². The van der Waals surface area contributed by atoms with Crippen LogP contribution in [0.15, 0.2) is 41.0 Å². The molecule has 0 aliphatic carbocycles. The molecule has 2 rings (SSSR count). The van der Waals surface area contributed by atoms with E-state index in [1.165, 1.54) is 12.1 Å². The summed E-state index contributed by atoms with van der Waals surface area (Å²) in [5.41, 5.74) is 0. The van der Waals surface area contributed by atoms with Gasteiger partial charge in [0.05, 0.1) is 4.47 Å². The van der Waals surface area contributed by atoms with Gasteiger partial charge in [-0.15, -0.1) is 0 Å². The molecule has 0 saturated heterocycles. The topological polar surface area (TPSA) is 34.1 Å². The van der Waals surface area contributed by atoms with Crippen LogP contribution in [0, 0.1) is 5.82 Å². The van der Waals surface area contributed by atoms with E-state index >= 15 is 0 Å². The lowest BCUT2D eigenvalue weighted by Gasteiger charge is -2.09. The summed E-state index contributed by atoms with van der Waals surface area (Å²) in [6.07, 6.45) is 1.66. The maximum absolute atomic E-state index is 12.9. The van der Waals surface area contributed by atoms with Crippen molar-refractivity contribution in [2.75, 3.05) is 11.9 Å². The summed E-state index contributed by atoms with van der Waals surface area (Å²) in [4.78, 5) is 4.14. The molecule has 1 aromatic heterocycles. The fourth-order valence-electron chi connectivity index (χ4n) is 1.44. The Bertz CT molecular complexity index is 548. The van der Waals surface area contributed by atoms with Gasteiger partial charge in [0, 0.05) is 18.8 Å². The van der Waals surface area contributed by atoms with Crippen molar-refractivity contribution in [3.05, 3.63) is 46.8 Å². The third kappa shape index (κ3) is 3.20. The lowest BCUT2D eigenvalue weighted by Crippen LogP contribution is -1.98. The fraction of sp³-hybridized carbons (Fsp3) is 0.154. The fourth-order valence-corrected chi connectivity index (χ4v) is 1.87. The maximum Gasteiger partial charge on any atom is 0.141 e. The predicted molar refractivity (Wildman–Crippen MR) is 72.6 cm³/mol. The Morgan fingerprint density at radius 2 is 2.17 bits per heavy atom. The second-order valence-electron chi connectivity index (χ2n) is 3.58. The molecule has 94 valence electrons. The second kappa shape index (κ2) is 5.82. The van der Waals surface area contributed by atoms with E-state index in [-0.39, 0.29) is 5.82 Å². The zero-order chi connectivity index (χ0) is 13.0. The number of ether oxygens (including phenoxy) is 1. The molecule has 0 aliphatic heterocycles. The summed E-state index contributed by atoms with van der Waals surface area (Å²) >= 11 is 3.26. The Kier molecular flexibility index (Phi) is 4.15. The number of nitrogens with zero attached hydrogens (tertiary/aromatic N) is 1. The number of nitrogens with one attached hydrogen (secondary N) is 1. The average Bonchev–Trinajstić information content (AvgIpc) is 2.34. The van der Waals surface area contributed by atoms with Crippen LogP contribution in [0.4, 0.5) is 10.2 Å². The van der Waals surface area contributed by atoms with Gasteiger partial charge in [0.2, 0.25) is 0 Å². The van der Waals surface area contributed by atoms with Crippen LogP contribution in [-0.2, 0) is 0 Å². The molecule has 0 amide bonds. The molecule has 1 heterocycles. The summed E-state index contributed by atoms with van der Waals surface area (Å²) in [6, 6.07) is 7.83. The first-order valence-electron chi connectivity index (χ1n) is 5.52. The van der Waals surface area contributed by atoms with Gasteiger partial charge in [-0.1, -0.05) is 0 Å². The van der Waals surface area contributed by atoms with Gasteiger partial charge in [-0.2, -0.15) is 0 Å². The van der Waals surface area contributed by atoms with Crippen LogP contribution in [0.25, 0.3) is 0 Å². The number of halogens is 2. The molecule has 0 saturated carbocycles. The van der Waals surface area contributed by atoms with E-state index < -0.39 is 0 Å². The Morgan fingerprint density at radius 3 is 2.89 bits per heavy atom. The quantitative estimate of drug-likeness (QED) is 0.918. The molecule has 2 aromatic rings. The van der Waals surface area contributed by atoms with Crippen LogP contribution in [-0.4, -0.2) is 11.5 Å². The van der Waals surface area contributed by atoms with Crippen molar-refractivity contribution in [3.63, 3.8) is 0 Å². The highest BCUT2D eigenvalue weighted by Crippen LogP contribution is 2.30. The van der Waals surface area contributed by atoms with Crippen molar-refractivity contribution < 1.29 is 9.13 Å². The molecule has 1 N–H and O–H groups in total. The molecule has 3 nitrogen and oxygen atoms in total. The minimum Gasteiger partial charge on any atom is -0.456 e. The van der Waals surface area contributed by atoms with Crippen molar-refractivity contribution in [2.24, 2.45) is 0 Å². The summed E-state index contributed by atoms with van der Waals surface area (Å²) in [7, 11) is 0. The van der Waals surface area contributed by atoms with Crippen molar-refractivity contribution in [3.8, 4) is 11.5 Å². The van der Waals surface area contributed by atoms with E-state index in [1.807, 2.05) is 6.92 Å². The third-order valence-electron chi connectivity index (χ3n) is 2.21. The van der Waals surface area contributed by atoms with Crippen LogP contribution in [0.5, 0.6) is 11.5 Å². The molecular formula is C13H12BrFN2O. The van der Waals surface area contributed by atoms with E-state index in [4.69, 9.17) is 4.74 Å². The van der Waals surface area contributed by atoms with E-state index in [0.717, 1.165) is 12.4 Å². The summed E-state index contributed by atoms with van der Waals surface area (Å²) in [6.45, 7) is 2.78. The summed E-state index contributed by atoms with van der Waals surface area (Å²) in [5.74, 6) is 1.64. The van der Waals surface area contributed by atoms with E-state index in [0.29, 0.717) is 16.0 Å². The van der Waals surface area contributed by atoms with Gasteiger partial charge < -0.3 is 10.1 Å². The van der Waals surface area contributed by atoms with Gasteiger partial charge in [0.15, 0.2) is 0 Å². The smallest absolute Gasteiger partial charge is 0.141 e. The lowest BCUT2D eigenvalue weighted by atomic mass is 10.3. The SMILES string of the molecule is CCNc1cc(Oc2ccc(F)cc2Br)ccn1. The molecule has 1 aromatic carbocycles. The molecule has 0 spiro atoms. The molecule has 0 unspecified atom stereocenters. The highest BCUT2D eigenvalue weighted by atomic mass is 79.9. The first-order chi connectivity index (χ1) is 8.69. The lowest BCUT2D eigenvalue weighted by molar-refractivity contribution is 0.477. The van der Waals surface area contributed by atoms with Crippen molar-refractivity contribution in [2.45, 2.75) is 6.92 Å². The molecule has 18 heavy (non-hydrogen) atoms. The number of rotatable bonds is 4. The summed E-state index contributed by atoms with van der Waals surface area (Å²) in [5, 5.41) is 3.09. The molecule has 0 atom stereocenters. The van der Waals surface area contributed by atoms with Crippen molar-refractivity contribution in [1.29, 1.82) is 0 Å². The maximum atomic E-state index is 12.9. The Hall–Kier alpha value is -1.62. The van der Waals surface area contributed by atoms with Crippen LogP contribution < -0.4 is 10.1 Å². The van der Waals surface area contributed by atoms with Crippen LogP contribution in [0.2, 0.25) is 0 Å². The minimum absolute atomic E-state index is 0.308. The Labute approximate surface area is 113 Å². The average molecular weight is 311 g/mol. The molecule has 5 heteroatoms. The van der Waals surface area contributed by atoms with Gasteiger partial charge in [0.25, 0.3) is 0 Å². The number of hydrogen-bond donors (Lipinski definition) is 1. The number of benzene rings is 1. The number of aromatic nitrogens is 1. The van der Waals surface area contributed by atoms with Gasteiger partial charge in [-0.25, -0.2) is 9.37 Å². The van der Waals surface area contributed by atoms with Gasteiger partial charge >= 0.3 is 0 Å². The minimum atomic E-state index is -0.308. The van der Waals surface area contributed by atoms with E-state index in [1.54, 1.807) is 24.4 Å². The molecule has 0 bridgehead atoms. The van der Waals surface area contributed by atoms with Gasteiger partial charge in [0.1, 0.15) is 23.1 Å². The number of pyridine rings is 1. The number of anilines is 1. The predicted octanol–water partition coefficient (Wildman–Crippen LogP) is 4.21. The van der Waals surface area contributed by atoms with E-state index in [9.17, 15) is 4.39 Å². The Balaban J connectivity index is 2.20. The number of hydrogen-bond acceptors (Lipinski definition) is 3. The molecule has 0 aliphatic rings. The monoisotopic (exact) mass is 310 g/mol. The second-order valence-corrected chi connectivity index (χ2v) is 4.44. The van der Waals surface area contributed by atoms with Gasteiger partial charge in [-0.05, 0) is 47.1 Å². The first-order valence-corrected chi connectivity index (χ1v) is 6.31. The van der Waals surface area contributed by atoms with Crippen LogP contribution in [0.3, 0.4) is 0 Å². The molecule has 0 radical (unpaired) electrons. The standard InChI is InChI=1S/C13H12BrFN2O/c1-2-16-13-8-10(5-6-17-13)18-12-4-3-9(15)7-11(12)14/h3-8H,2H2,1H3,(H,16,17). The summed E-state index contributed by atoms with van der Waals surface area (Å²) < 4.78 is 19.2. The van der Waals surface area contributed by atoms with Crippen LogP contribution in [0.1, 0.15) is 6.92 Å². The zero-order valence-electron chi connectivity index (χ0n) is 9.78. The third-order valence-corrected chi connectivity index (χ3v) is 2.83. The normalized spacial score (nSPS) is 10.2. The largest absolute Gasteiger partial charge is 0.456 e. The highest BCUT2D eigenvalue weighted by Gasteiger charge is 2.05. The van der Waals surface area contributed by atoms with Crippen molar-refractivity contribution >= 4 is 21.7 Å². The van der Waals surface area contributed by atoms with E-state index in [2.05, 4.69) is 26.2 Å². The highest BCUT2D eigenvalue weighted by molar-refractivity contribution is 9.10. The first kappa shape index (κ1) is 12.8. The zero-order valence-corrected chi connectivity index (χ0v) is 11.4. The molecule has 0 fully saturated rings. The Morgan fingerprint density at radius 1 is 1.33 bits per heavy atom. The van der Waals surface area contributed by atoms with Gasteiger partial charge in [-0.3, -0.25) is 0 Å².